The van der Waals surface area contributed by atoms with Crippen LogP contribution < -0.4 is 15.7 Å². The molecule has 156 valence electrons. The molecule has 3 aromatic rings. The van der Waals surface area contributed by atoms with Crippen LogP contribution in [0.1, 0.15) is 20.3 Å². The molecule has 1 heterocycles. The van der Waals surface area contributed by atoms with Gasteiger partial charge in [-0.2, -0.15) is 0 Å². The van der Waals surface area contributed by atoms with E-state index in [2.05, 4.69) is 5.32 Å². The van der Waals surface area contributed by atoms with E-state index in [0.717, 1.165) is 5.39 Å². The fourth-order valence-electron chi connectivity index (χ4n) is 3.07. The molecule has 0 unspecified atom stereocenters. The summed E-state index contributed by atoms with van der Waals surface area (Å²) in [6.45, 7) is 3.47. The molecule has 3 rings (SSSR count). The van der Waals surface area contributed by atoms with E-state index >= 15 is 0 Å². The monoisotopic (exact) mass is 409 g/mol. The highest BCUT2D eigenvalue weighted by Gasteiger charge is 2.21. The van der Waals surface area contributed by atoms with Gasteiger partial charge in [0.2, 0.25) is 0 Å². The SMILES string of the molecule is CC(C)C[C@@H](NC(=O)COc1ccc(-c2cc3ccccc3c(=O)o2)cc1)C(=O)O. The fourth-order valence-corrected chi connectivity index (χ4v) is 3.07. The molecule has 2 N–H and O–H groups in total. The molecular formula is C23H23NO6. The number of carboxylic acids is 1. The highest BCUT2D eigenvalue weighted by molar-refractivity contribution is 5.85. The number of carbonyl (C=O) groups excluding carboxylic acids is 1. The van der Waals surface area contributed by atoms with Gasteiger partial charge in [0, 0.05) is 5.56 Å². The Bertz CT molecular complexity index is 1100. The molecule has 1 aromatic heterocycles. The largest absolute Gasteiger partial charge is 0.484 e. The quantitative estimate of drug-likeness (QED) is 0.590. The van der Waals surface area contributed by atoms with Crippen molar-refractivity contribution in [3.63, 3.8) is 0 Å². The van der Waals surface area contributed by atoms with E-state index in [0.29, 0.717) is 28.9 Å². The van der Waals surface area contributed by atoms with Crippen molar-refractivity contribution in [1.82, 2.24) is 5.32 Å². The van der Waals surface area contributed by atoms with Gasteiger partial charge in [-0.25, -0.2) is 9.59 Å². The number of hydrogen-bond donors (Lipinski definition) is 2. The molecule has 1 amide bonds. The molecule has 30 heavy (non-hydrogen) atoms. The highest BCUT2D eigenvalue weighted by Crippen LogP contribution is 2.24. The van der Waals surface area contributed by atoms with Gasteiger partial charge in [-0.3, -0.25) is 4.79 Å². The van der Waals surface area contributed by atoms with Gasteiger partial charge in [0.05, 0.1) is 5.39 Å². The van der Waals surface area contributed by atoms with E-state index in [1.807, 2.05) is 26.0 Å². The van der Waals surface area contributed by atoms with Crippen molar-refractivity contribution in [2.45, 2.75) is 26.3 Å². The standard InChI is InChI=1S/C23H23NO6/c1-14(2)11-19(22(26)27)24-21(25)13-29-17-9-7-15(8-10-17)20-12-16-5-3-4-6-18(16)23(28)30-20/h3-10,12,14,19H,11,13H2,1-2H3,(H,24,25)(H,26,27)/t19-/m1/s1. The maximum absolute atomic E-state index is 12.1. The number of amides is 1. The van der Waals surface area contributed by atoms with Crippen LogP contribution in [-0.2, 0) is 9.59 Å². The van der Waals surface area contributed by atoms with Crippen LogP contribution in [0.4, 0.5) is 0 Å². The molecule has 0 fully saturated rings. The van der Waals surface area contributed by atoms with Crippen molar-refractivity contribution in [2.75, 3.05) is 6.61 Å². The Morgan fingerprint density at radius 3 is 2.47 bits per heavy atom. The van der Waals surface area contributed by atoms with Gasteiger partial charge in [0.1, 0.15) is 17.6 Å². The zero-order valence-corrected chi connectivity index (χ0v) is 16.8. The molecule has 0 bridgehead atoms. The lowest BCUT2D eigenvalue weighted by Crippen LogP contribution is -2.43. The summed E-state index contributed by atoms with van der Waals surface area (Å²) in [5.74, 6) is -0.574. The Morgan fingerprint density at radius 1 is 1.10 bits per heavy atom. The first kappa shape index (κ1) is 21.1. The van der Waals surface area contributed by atoms with E-state index < -0.39 is 23.5 Å². The summed E-state index contributed by atoms with van der Waals surface area (Å²) < 4.78 is 10.8. The van der Waals surface area contributed by atoms with Crippen LogP contribution in [0.25, 0.3) is 22.1 Å². The predicted octanol–water partition coefficient (Wildman–Crippen LogP) is 3.45. The molecule has 7 heteroatoms. The lowest BCUT2D eigenvalue weighted by Gasteiger charge is -2.16. The molecule has 0 aliphatic heterocycles. The van der Waals surface area contributed by atoms with Crippen LogP contribution in [0.15, 0.2) is 63.8 Å². The number of fused-ring (bicyclic) bond motifs is 1. The first-order valence-electron chi connectivity index (χ1n) is 9.62. The first-order valence-corrected chi connectivity index (χ1v) is 9.62. The number of hydrogen-bond acceptors (Lipinski definition) is 5. The van der Waals surface area contributed by atoms with Crippen LogP contribution in [-0.4, -0.2) is 29.6 Å². The van der Waals surface area contributed by atoms with Gasteiger partial charge in [-0.1, -0.05) is 32.0 Å². The molecule has 0 radical (unpaired) electrons. The van der Waals surface area contributed by atoms with E-state index in [4.69, 9.17) is 9.15 Å². The molecule has 0 saturated carbocycles. The lowest BCUT2D eigenvalue weighted by atomic mass is 10.0. The first-order chi connectivity index (χ1) is 14.3. The second kappa shape index (κ2) is 9.26. The molecule has 2 aromatic carbocycles. The Morgan fingerprint density at radius 2 is 1.80 bits per heavy atom. The Kier molecular flexibility index (Phi) is 6.51. The zero-order valence-electron chi connectivity index (χ0n) is 16.8. The molecule has 0 aliphatic rings. The van der Waals surface area contributed by atoms with Gasteiger partial charge in [-0.15, -0.1) is 0 Å². The van der Waals surface area contributed by atoms with E-state index in [-0.39, 0.29) is 12.5 Å². The van der Waals surface area contributed by atoms with Gasteiger partial charge in [0.25, 0.3) is 5.91 Å². The second-order valence-corrected chi connectivity index (χ2v) is 7.39. The van der Waals surface area contributed by atoms with Crippen LogP contribution in [0, 0.1) is 5.92 Å². The van der Waals surface area contributed by atoms with E-state index in [9.17, 15) is 19.5 Å². The average Bonchev–Trinajstić information content (AvgIpc) is 2.72. The van der Waals surface area contributed by atoms with Gasteiger partial charge in [0.15, 0.2) is 6.61 Å². The highest BCUT2D eigenvalue weighted by atomic mass is 16.5. The molecular weight excluding hydrogens is 386 g/mol. The van der Waals surface area contributed by atoms with Crippen LogP contribution in [0.2, 0.25) is 0 Å². The summed E-state index contributed by atoms with van der Waals surface area (Å²) in [6.07, 6.45) is 0.340. The smallest absolute Gasteiger partial charge is 0.344 e. The summed E-state index contributed by atoms with van der Waals surface area (Å²) in [4.78, 5) is 35.4. The summed E-state index contributed by atoms with van der Waals surface area (Å²) in [6, 6.07) is 14.8. The van der Waals surface area contributed by atoms with Crippen LogP contribution in [0.3, 0.4) is 0 Å². The Labute approximate surface area is 173 Å². The zero-order chi connectivity index (χ0) is 21.7. The summed E-state index contributed by atoms with van der Waals surface area (Å²) in [5.41, 5.74) is 0.284. The van der Waals surface area contributed by atoms with Crippen molar-refractivity contribution in [3.8, 4) is 17.1 Å². The summed E-state index contributed by atoms with van der Waals surface area (Å²) in [7, 11) is 0. The number of rotatable bonds is 8. The predicted molar refractivity (Wildman–Crippen MR) is 112 cm³/mol. The number of carboxylic acid groups (broad SMARTS) is 1. The Balaban J connectivity index is 1.64. The number of benzene rings is 2. The Hall–Kier alpha value is -3.61. The minimum Gasteiger partial charge on any atom is -0.484 e. The third-order valence-electron chi connectivity index (χ3n) is 4.52. The molecule has 0 saturated heterocycles. The number of aliphatic carboxylic acids is 1. The number of carbonyl (C=O) groups is 2. The average molecular weight is 409 g/mol. The van der Waals surface area contributed by atoms with Crippen LogP contribution >= 0.6 is 0 Å². The van der Waals surface area contributed by atoms with Crippen molar-refractivity contribution in [3.05, 3.63) is 65.0 Å². The van der Waals surface area contributed by atoms with Crippen molar-refractivity contribution in [2.24, 2.45) is 5.92 Å². The molecule has 7 nitrogen and oxygen atoms in total. The molecule has 0 aliphatic carbocycles. The van der Waals surface area contributed by atoms with Gasteiger partial charge < -0.3 is 19.6 Å². The second-order valence-electron chi connectivity index (χ2n) is 7.39. The fraction of sp³-hybridized carbons (Fsp3) is 0.261. The van der Waals surface area contributed by atoms with Crippen molar-refractivity contribution in [1.29, 1.82) is 0 Å². The molecule has 1 atom stereocenters. The molecule has 0 spiro atoms. The summed E-state index contributed by atoms with van der Waals surface area (Å²) >= 11 is 0. The van der Waals surface area contributed by atoms with E-state index in [1.165, 1.54) is 0 Å². The van der Waals surface area contributed by atoms with Crippen LogP contribution in [0.5, 0.6) is 5.75 Å². The normalized spacial score (nSPS) is 12.0. The summed E-state index contributed by atoms with van der Waals surface area (Å²) in [5, 5.41) is 13.0. The third kappa shape index (κ3) is 5.26. The maximum atomic E-state index is 12.1. The maximum Gasteiger partial charge on any atom is 0.344 e. The minimum absolute atomic E-state index is 0.134. The van der Waals surface area contributed by atoms with Crippen molar-refractivity contribution >= 4 is 22.6 Å². The minimum atomic E-state index is -1.07. The van der Waals surface area contributed by atoms with Crippen molar-refractivity contribution < 1.29 is 23.8 Å². The lowest BCUT2D eigenvalue weighted by molar-refractivity contribution is -0.142. The van der Waals surface area contributed by atoms with E-state index in [1.54, 1.807) is 42.5 Å². The third-order valence-corrected chi connectivity index (χ3v) is 4.52. The van der Waals surface area contributed by atoms with Gasteiger partial charge >= 0.3 is 11.6 Å². The number of ether oxygens (including phenoxy) is 1. The topological polar surface area (TPSA) is 106 Å². The van der Waals surface area contributed by atoms with Gasteiger partial charge in [-0.05, 0) is 54.1 Å². The number of nitrogens with one attached hydrogen (secondary N) is 1.